The molecule has 3 aromatic rings. The smallest absolute Gasteiger partial charge is 0.347 e. The Kier molecular flexibility index (Phi) is 2.61. The fraction of sp³-hybridized carbons (Fsp3) is 0. The number of rotatable bonds is 1. The van der Waals surface area contributed by atoms with Crippen molar-refractivity contribution < 1.29 is 19.7 Å². The Morgan fingerprint density at radius 1 is 0.950 bits per heavy atom. The van der Waals surface area contributed by atoms with Crippen LogP contribution in [0.2, 0.25) is 0 Å². The largest absolute Gasteiger partial charge is 0.508 e. The van der Waals surface area contributed by atoms with E-state index in [1.807, 2.05) is 0 Å². The molecular weight excluding hydrogens is 260 g/mol. The second kappa shape index (κ2) is 4.31. The molecule has 1 heterocycles. The average molecular weight is 270 g/mol. The summed E-state index contributed by atoms with van der Waals surface area (Å²) in [5, 5.41) is 29.4. The summed E-state index contributed by atoms with van der Waals surface area (Å²) in [7, 11) is 0. The highest BCUT2D eigenvalue weighted by atomic mass is 16.4. The molecule has 0 spiro atoms. The highest BCUT2D eigenvalue weighted by Gasteiger charge is 2.18. The zero-order valence-corrected chi connectivity index (χ0v) is 10.2. The maximum atomic E-state index is 12.0. The van der Waals surface area contributed by atoms with E-state index in [1.54, 1.807) is 30.3 Å². The average Bonchev–Trinajstić information content (AvgIpc) is 2.38. The first-order valence-corrected chi connectivity index (χ1v) is 5.85. The number of hydrogen-bond acceptors (Lipinski definition) is 5. The van der Waals surface area contributed by atoms with E-state index in [0.717, 1.165) is 12.1 Å². The van der Waals surface area contributed by atoms with Gasteiger partial charge in [0.2, 0.25) is 0 Å². The van der Waals surface area contributed by atoms with E-state index in [1.165, 1.54) is 0 Å². The Hall–Kier alpha value is -2.95. The van der Waals surface area contributed by atoms with Crippen molar-refractivity contribution in [1.82, 2.24) is 0 Å². The molecule has 0 fully saturated rings. The Bertz CT molecular complexity index is 850. The van der Waals surface area contributed by atoms with E-state index in [9.17, 15) is 20.1 Å². The lowest BCUT2D eigenvalue weighted by Gasteiger charge is -2.08. The van der Waals surface area contributed by atoms with Crippen molar-refractivity contribution in [1.29, 1.82) is 0 Å². The summed E-state index contributed by atoms with van der Waals surface area (Å²) in [6, 6.07) is 10.7. The molecule has 0 bridgehead atoms. The summed E-state index contributed by atoms with van der Waals surface area (Å²) in [6.07, 6.45) is 0. The molecule has 5 heteroatoms. The topological polar surface area (TPSA) is 90.9 Å². The first-order valence-electron chi connectivity index (χ1n) is 5.85. The van der Waals surface area contributed by atoms with Crippen LogP contribution in [0.3, 0.4) is 0 Å². The minimum absolute atomic E-state index is 0.0127. The molecule has 5 nitrogen and oxygen atoms in total. The predicted octanol–water partition coefficient (Wildman–Crippen LogP) is 2.58. The normalized spacial score (nSPS) is 10.8. The van der Waals surface area contributed by atoms with E-state index in [-0.39, 0.29) is 33.8 Å². The number of aromatic hydroxyl groups is 3. The molecule has 0 amide bonds. The van der Waals surface area contributed by atoms with Gasteiger partial charge in [-0.2, -0.15) is 0 Å². The van der Waals surface area contributed by atoms with Crippen molar-refractivity contribution in [2.75, 3.05) is 0 Å². The molecule has 20 heavy (non-hydrogen) atoms. The van der Waals surface area contributed by atoms with Crippen LogP contribution in [0.25, 0.3) is 22.1 Å². The zero-order chi connectivity index (χ0) is 14.3. The molecule has 0 radical (unpaired) electrons. The molecular formula is C15H10O5. The van der Waals surface area contributed by atoms with Crippen LogP contribution in [0.15, 0.2) is 51.7 Å². The van der Waals surface area contributed by atoms with Crippen molar-refractivity contribution >= 4 is 11.0 Å². The van der Waals surface area contributed by atoms with E-state index >= 15 is 0 Å². The van der Waals surface area contributed by atoms with Crippen LogP contribution in [-0.4, -0.2) is 15.3 Å². The highest BCUT2D eigenvalue weighted by Crippen LogP contribution is 2.39. The van der Waals surface area contributed by atoms with Crippen LogP contribution in [0.5, 0.6) is 17.2 Å². The molecule has 0 aliphatic carbocycles. The van der Waals surface area contributed by atoms with Crippen molar-refractivity contribution in [3.05, 3.63) is 52.9 Å². The van der Waals surface area contributed by atoms with Gasteiger partial charge >= 0.3 is 5.63 Å². The Morgan fingerprint density at radius 3 is 2.35 bits per heavy atom. The number of phenolic OH excluding ortho intramolecular Hbond substituents is 2. The second-order valence-electron chi connectivity index (χ2n) is 4.32. The van der Waals surface area contributed by atoms with Crippen molar-refractivity contribution in [3.8, 4) is 28.4 Å². The summed E-state index contributed by atoms with van der Waals surface area (Å²) >= 11 is 0. The molecule has 100 valence electrons. The monoisotopic (exact) mass is 270 g/mol. The number of fused-ring (bicyclic) bond motifs is 1. The van der Waals surface area contributed by atoms with Gasteiger partial charge in [0, 0.05) is 12.1 Å². The third kappa shape index (κ3) is 1.76. The fourth-order valence-corrected chi connectivity index (χ4v) is 2.14. The Morgan fingerprint density at radius 2 is 1.65 bits per heavy atom. The Balaban J connectivity index is 2.44. The standard InChI is InChI=1S/C15H10O5/c16-9-6-10(17)13-11(7-9)20-15(19)12(14(13)18)8-4-2-1-3-5-8/h1-7,16-18H. The molecule has 3 N–H and O–H groups in total. The van der Waals surface area contributed by atoms with Gasteiger partial charge in [-0.05, 0) is 5.56 Å². The Labute approximate surface area is 113 Å². The minimum Gasteiger partial charge on any atom is -0.508 e. The summed E-state index contributed by atoms with van der Waals surface area (Å²) in [5.41, 5.74) is -0.372. The van der Waals surface area contributed by atoms with Gasteiger partial charge in [0.15, 0.2) is 0 Å². The first-order chi connectivity index (χ1) is 9.58. The van der Waals surface area contributed by atoms with Crippen molar-refractivity contribution in [2.45, 2.75) is 0 Å². The maximum Gasteiger partial charge on any atom is 0.347 e. The quantitative estimate of drug-likeness (QED) is 0.591. The summed E-state index contributed by atoms with van der Waals surface area (Å²) < 4.78 is 5.05. The SMILES string of the molecule is O=c1oc2cc(O)cc(O)c2c(O)c1-c1ccccc1. The molecule has 0 unspecified atom stereocenters. The number of phenols is 2. The third-order valence-electron chi connectivity index (χ3n) is 3.01. The van der Waals surface area contributed by atoms with E-state index in [0.29, 0.717) is 5.56 Å². The zero-order valence-electron chi connectivity index (χ0n) is 10.2. The van der Waals surface area contributed by atoms with Crippen LogP contribution in [0, 0.1) is 0 Å². The van der Waals surface area contributed by atoms with E-state index < -0.39 is 5.63 Å². The fourth-order valence-electron chi connectivity index (χ4n) is 2.14. The highest BCUT2D eigenvalue weighted by molar-refractivity contribution is 5.95. The van der Waals surface area contributed by atoms with Gasteiger partial charge in [0.05, 0.1) is 0 Å². The van der Waals surface area contributed by atoms with Gasteiger partial charge in [-0.3, -0.25) is 0 Å². The molecule has 0 atom stereocenters. The maximum absolute atomic E-state index is 12.0. The van der Waals surface area contributed by atoms with Gasteiger partial charge in [0.25, 0.3) is 0 Å². The van der Waals surface area contributed by atoms with Crippen LogP contribution < -0.4 is 5.63 Å². The lowest BCUT2D eigenvalue weighted by molar-refractivity contribution is 0.441. The summed E-state index contributed by atoms with van der Waals surface area (Å²) in [5.74, 6) is -0.997. The van der Waals surface area contributed by atoms with E-state index in [2.05, 4.69) is 0 Å². The number of hydrogen-bond donors (Lipinski definition) is 3. The lowest BCUT2D eigenvalue weighted by Crippen LogP contribution is -2.03. The van der Waals surface area contributed by atoms with Crippen molar-refractivity contribution in [2.24, 2.45) is 0 Å². The minimum atomic E-state index is -0.744. The predicted molar refractivity (Wildman–Crippen MR) is 72.9 cm³/mol. The molecule has 0 saturated heterocycles. The van der Waals surface area contributed by atoms with Crippen molar-refractivity contribution in [3.63, 3.8) is 0 Å². The molecule has 1 aromatic heterocycles. The van der Waals surface area contributed by atoms with Gasteiger partial charge in [-0.1, -0.05) is 30.3 Å². The molecule has 0 aliphatic heterocycles. The molecule has 2 aromatic carbocycles. The first kappa shape index (κ1) is 12.1. The van der Waals surface area contributed by atoms with Crippen LogP contribution >= 0.6 is 0 Å². The van der Waals surface area contributed by atoms with E-state index in [4.69, 9.17) is 4.42 Å². The van der Waals surface area contributed by atoms with Gasteiger partial charge in [0.1, 0.15) is 33.8 Å². The van der Waals surface area contributed by atoms with Crippen LogP contribution in [0.4, 0.5) is 0 Å². The third-order valence-corrected chi connectivity index (χ3v) is 3.01. The molecule has 0 saturated carbocycles. The van der Waals surface area contributed by atoms with Crippen LogP contribution in [0.1, 0.15) is 0 Å². The molecule has 3 rings (SSSR count). The van der Waals surface area contributed by atoms with Gasteiger partial charge in [-0.25, -0.2) is 4.79 Å². The van der Waals surface area contributed by atoms with Crippen LogP contribution in [-0.2, 0) is 0 Å². The lowest BCUT2D eigenvalue weighted by atomic mass is 10.0. The summed E-state index contributed by atoms with van der Waals surface area (Å²) in [6.45, 7) is 0. The second-order valence-corrected chi connectivity index (χ2v) is 4.32. The summed E-state index contributed by atoms with van der Waals surface area (Å²) in [4.78, 5) is 12.0. The van der Waals surface area contributed by atoms with Gasteiger partial charge < -0.3 is 19.7 Å². The van der Waals surface area contributed by atoms with Gasteiger partial charge in [-0.15, -0.1) is 0 Å². The molecule has 0 aliphatic rings. The number of benzene rings is 2.